The van der Waals surface area contributed by atoms with E-state index < -0.39 is 22.0 Å². The van der Waals surface area contributed by atoms with Crippen LogP contribution in [0.2, 0.25) is 0 Å². The highest BCUT2D eigenvalue weighted by molar-refractivity contribution is 7.88. The monoisotopic (exact) mass is 326 g/mol. The van der Waals surface area contributed by atoms with Gasteiger partial charge in [0.25, 0.3) is 0 Å². The Morgan fingerprint density at radius 1 is 1.27 bits per heavy atom. The van der Waals surface area contributed by atoms with Crippen molar-refractivity contribution in [2.45, 2.75) is 32.0 Å². The molecule has 0 spiro atoms. The van der Waals surface area contributed by atoms with Gasteiger partial charge < -0.3 is 5.11 Å². The topological polar surface area (TPSA) is 77.9 Å². The summed E-state index contributed by atoms with van der Waals surface area (Å²) in [6.45, 7) is 3.51. The minimum absolute atomic E-state index is 0.153. The van der Waals surface area contributed by atoms with Gasteiger partial charge in [0.05, 0.1) is 18.7 Å². The number of benzene rings is 1. The van der Waals surface area contributed by atoms with E-state index in [0.717, 1.165) is 11.8 Å². The van der Waals surface area contributed by atoms with Gasteiger partial charge in [-0.2, -0.15) is 4.31 Å². The quantitative estimate of drug-likeness (QED) is 0.873. The standard InChI is InChI=1S/C15H22N2O4S/c1-12-14(10-15(18)19)17(22(2,20)21)9-8-16(12)11-13-6-4-3-5-7-13/h3-7,12,14H,8-11H2,1-2H3,(H,18,19)/t12-,14-/m0/s1. The maximum absolute atomic E-state index is 11.9. The number of piperazine rings is 1. The van der Waals surface area contributed by atoms with E-state index in [2.05, 4.69) is 4.90 Å². The molecule has 1 aromatic carbocycles. The van der Waals surface area contributed by atoms with Crippen LogP contribution in [-0.4, -0.2) is 60.1 Å². The second-order valence-electron chi connectivity index (χ2n) is 5.74. The van der Waals surface area contributed by atoms with E-state index in [1.54, 1.807) is 0 Å². The lowest BCUT2D eigenvalue weighted by molar-refractivity contribution is -0.139. The van der Waals surface area contributed by atoms with Crippen LogP contribution in [0.5, 0.6) is 0 Å². The molecule has 0 aromatic heterocycles. The molecular weight excluding hydrogens is 304 g/mol. The third kappa shape index (κ3) is 4.06. The Morgan fingerprint density at radius 2 is 1.91 bits per heavy atom. The molecule has 122 valence electrons. The average Bonchev–Trinajstić information content (AvgIpc) is 2.42. The lowest BCUT2D eigenvalue weighted by Crippen LogP contribution is -2.59. The molecule has 22 heavy (non-hydrogen) atoms. The zero-order valence-corrected chi connectivity index (χ0v) is 13.7. The fourth-order valence-corrected chi connectivity index (χ4v) is 4.14. The van der Waals surface area contributed by atoms with Gasteiger partial charge in [-0.25, -0.2) is 8.42 Å². The maximum atomic E-state index is 11.9. The van der Waals surface area contributed by atoms with Gasteiger partial charge in [-0.3, -0.25) is 9.69 Å². The first-order valence-corrected chi connectivity index (χ1v) is 9.10. The average molecular weight is 326 g/mol. The van der Waals surface area contributed by atoms with Crippen molar-refractivity contribution >= 4 is 16.0 Å². The third-order valence-electron chi connectivity index (χ3n) is 4.15. The molecule has 1 fully saturated rings. The first-order valence-electron chi connectivity index (χ1n) is 7.25. The molecule has 1 N–H and O–H groups in total. The van der Waals surface area contributed by atoms with Crippen molar-refractivity contribution in [1.29, 1.82) is 0 Å². The van der Waals surface area contributed by atoms with Gasteiger partial charge in [0.15, 0.2) is 0 Å². The number of carbonyl (C=O) groups is 1. The van der Waals surface area contributed by atoms with Crippen molar-refractivity contribution in [3.05, 3.63) is 35.9 Å². The first kappa shape index (κ1) is 16.9. The number of carboxylic acids is 1. The highest BCUT2D eigenvalue weighted by Gasteiger charge is 2.39. The van der Waals surface area contributed by atoms with E-state index in [1.807, 2.05) is 37.3 Å². The van der Waals surface area contributed by atoms with Gasteiger partial charge in [0, 0.05) is 25.7 Å². The minimum Gasteiger partial charge on any atom is -0.481 e. The van der Waals surface area contributed by atoms with Crippen LogP contribution in [0.1, 0.15) is 18.9 Å². The molecule has 0 amide bonds. The summed E-state index contributed by atoms with van der Waals surface area (Å²) < 4.78 is 25.1. The SMILES string of the molecule is C[C@H]1[C@H](CC(=O)O)N(S(C)(=O)=O)CCN1Cc1ccccc1. The molecule has 1 saturated heterocycles. The molecule has 0 aliphatic carbocycles. The lowest BCUT2D eigenvalue weighted by atomic mass is 10.0. The molecule has 1 aliphatic heterocycles. The number of aliphatic carboxylic acids is 1. The Labute approximate surface area is 131 Å². The summed E-state index contributed by atoms with van der Waals surface area (Å²) >= 11 is 0. The fourth-order valence-electron chi connectivity index (χ4n) is 2.98. The Bertz CT molecular complexity index is 618. The second-order valence-corrected chi connectivity index (χ2v) is 7.67. The Morgan fingerprint density at radius 3 is 2.45 bits per heavy atom. The zero-order valence-electron chi connectivity index (χ0n) is 12.8. The summed E-state index contributed by atoms with van der Waals surface area (Å²) in [5, 5.41) is 9.10. The number of hydrogen-bond donors (Lipinski definition) is 1. The van der Waals surface area contributed by atoms with Gasteiger partial charge in [-0.05, 0) is 12.5 Å². The maximum Gasteiger partial charge on any atom is 0.305 e. The van der Waals surface area contributed by atoms with E-state index >= 15 is 0 Å². The van der Waals surface area contributed by atoms with Crippen LogP contribution in [0.15, 0.2) is 30.3 Å². The van der Waals surface area contributed by atoms with Crippen LogP contribution in [0, 0.1) is 0 Å². The number of hydrogen-bond acceptors (Lipinski definition) is 4. The molecule has 7 heteroatoms. The molecule has 0 saturated carbocycles. The number of nitrogens with zero attached hydrogens (tertiary/aromatic N) is 2. The van der Waals surface area contributed by atoms with E-state index in [-0.39, 0.29) is 12.5 Å². The normalized spacial score (nSPS) is 24.3. The number of sulfonamides is 1. The highest BCUT2D eigenvalue weighted by Crippen LogP contribution is 2.24. The van der Waals surface area contributed by atoms with Gasteiger partial charge in [-0.15, -0.1) is 0 Å². The van der Waals surface area contributed by atoms with Gasteiger partial charge in [0.1, 0.15) is 0 Å². The molecule has 0 unspecified atom stereocenters. The molecule has 1 heterocycles. The van der Waals surface area contributed by atoms with Crippen LogP contribution >= 0.6 is 0 Å². The lowest BCUT2D eigenvalue weighted by Gasteiger charge is -2.44. The Balaban J connectivity index is 2.18. The number of rotatable bonds is 5. The van der Waals surface area contributed by atoms with E-state index in [0.29, 0.717) is 19.6 Å². The van der Waals surface area contributed by atoms with Crippen molar-refractivity contribution in [2.24, 2.45) is 0 Å². The fraction of sp³-hybridized carbons (Fsp3) is 0.533. The summed E-state index contributed by atoms with van der Waals surface area (Å²) in [4.78, 5) is 13.3. The van der Waals surface area contributed by atoms with Crippen LogP contribution < -0.4 is 0 Å². The van der Waals surface area contributed by atoms with E-state index in [4.69, 9.17) is 5.11 Å². The van der Waals surface area contributed by atoms with Crippen molar-refractivity contribution < 1.29 is 18.3 Å². The van der Waals surface area contributed by atoms with E-state index in [9.17, 15) is 13.2 Å². The van der Waals surface area contributed by atoms with Crippen LogP contribution in [-0.2, 0) is 21.4 Å². The van der Waals surface area contributed by atoms with E-state index in [1.165, 1.54) is 4.31 Å². The van der Waals surface area contributed by atoms with Crippen molar-refractivity contribution in [3.63, 3.8) is 0 Å². The summed E-state index contributed by atoms with van der Waals surface area (Å²) in [6.07, 6.45) is 0.959. The summed E-state index contributed by atoms with van der Waals surface area (Å²) in [6, 6.07) is 9.21. The van der Waals surface area contributed by atoms with Crippen molar-refractivity contribution in [3.8, 4) is 0 Å². The largest absolute Gasteiger partial charge is 0.481 e. The van der Waals surface area contributed by atoms with Crippen molar-refractivity contribution in [2.75, 3.05) is 19.3 Å². The molecule has 1 aliphatic rings. The minimum atomic E-state index is -3.41. The molecule has 0 bridgehead atoms. The molecular formula is C15H22N2O4S. The third-order valence-corrected chi connectivity index (χ3v) is 5.45. The Kier molecular flexibility index (Phi) is 5.20. The van der Waals surface area contributed by atoms with Crippen LogP contribution in [0.4, 0.5) is 0 Å². The summed E-state index contributed by atoms with van der Waals surface area (Å²) in [5.74, 6) is -0.980. The smallest absolute Gasteiger partial charge is 0.305 e. The summed E-state index contributed by atoms with van der Waals surface area (Å²) in [7, 11) is -3.41. The molecule has 2 rings (SSSR count). The first-order chi connectivity index (χ1) is 10.3. The Hall–Kier alpha value is -1.44. The molecule has 0 radical (unpaired) electrons. The molecule has 6 nitrogen and oxygen atoms in total. The van der Waals surface area contributed by atoms with Gasteiger partial charge >= 0.3 is 5.97 Å². The van der Waals surface area contributed by atoms with Crippen LogP contribution in [0.25, 0.3) is 0 Å². The summed E-state index contributed by atoms with van der Waals surface area (Å²) in [5.41, 5.74) is 1.14. The predicted molar refractivity (Wildman–Crippen MR) is 83.9 cm³/mol. The highest BCUT2D eigenvalue weighted by atomic mass is 32.2. The molecule has 1 aromatic rings. The van der Waals surface area contributed by atoms with Crippen LogP contribution in [0.3, 0.4) is 0 Å². The van der Waals surface area contributed by atoms with Gasteiger partial charge in [-0.1, -0.05) is 30.3 Å². The molecule has 2 atom stereocenters. The van der Waals surface area contributed by atoms with Crippen molar-refractivity contribution in [1.82, 2.24) is 9.21 Å². The zero-order chi connectivity index (χ0) is 16.3. The predicted octanol–water partition coefficient (Wildman–Crippen LogP) is 0.996. The van der Waals surface area contributed by atoms with Gasteiger partial charge in [0.2, 0.25) is 10.0 Å². The number of carboxylic acid groups (broad SMARTS) is 1. The second kappa shape index (κ2) is 6.76.